The summed E-state index contributed by atoms with van der Waals surface area (Å²) in [5, 5.41) is 0.432. The quantitative estimate of drug-likeness (QED) is 0.556. The molecule has 0 spiro atoms. The molecule has 0 aromatic rings. The van der Waals surface area contributed by atoms with Crippen LogP contribution in [-0.2, 0) is 0 Å². The van der Waals surface area contributed by atoms with Gasteiger partial charge in [-0.25, -0.2) is 0 Å². The Bertz CT molecular complexity index is 342. The van der Waals surface area contributed by atoms with Crippen LogP contribution < -0.4 is 0 Å². The van der Waals surface area contributed by atoms with E-state index in [1.807, 2.05) is 0 Å². The zero-order chi connectivity index (χ0) is 13.8. The number of rotatable bonds is 1. The molecule has 1 rings (SSSR count). The molecule has 0 heterocycles. The Morgan fingerprint density at radius 2 is 2.00 bits per heavy atom. The number of nitrogens with zero attached hydrogens (tertiary/aromatic N) is 1. The van der Waals surface area contributed by atoms with E-state index >= 15 is 0 Å². The van der Waals surface area contributed by atoms with Crippen molar-refractivity contribution in [1.29, 1.82) is 0 Å². The smallest absolute Gasteiger partial charge is 0.0223 e. The minimum absolute atomic E-state index is 0.187. The Balaban J connectivity index is 2.78. The van der Waals surface area contributed by atoms with Crippen LogP contribution in [0.4, 0.5) is 0 Å². The van der Waals surface area contributed by atoms with Crippen molar-refractivity contribution in [3.63, 3.8) is 0 Å². The Kier molecular flexibility index (Phi) is 5.82. The summed E-state index contributed by atoms with van der Waals surface area (Å²) in [6.45, 7) is 10.8. The lowest BCUT2D eigenvalue weighted by Gasteiger charge is -2.41. The second kappa shape index (κ2) is 6.68. The first-order valence-electron chi connectivity index (χ1n) is 6.90. The highest BCUT2D eigenvalue weighted by Crippen LogP contribution is 2.26. The Hall–Kier alpha value is -0.390. The van der Waals surface area contributed by atoms with Crippen LogP contribution in [0.2, 0.25) is 0 Å². The maximum Gasteiger partial charge on any atom is 0.0223 e. The van der Waals surface area contributed by atoms with Crippen molar-refractivity contribution in [2.75, 3.05) is 7.05 Å². The topological polar surface area (TPSA) is 3.24 Å². The van der Waals surface area contributed by atoms with Crippen LogP contribution in [0.5, 0.6) is 0 Å². The lowest BCUT2D eigenvalue weighted by atomic mass is 9.95. The predicted molar refractivity (Wildman–Crippen MR) is 84.1 cm³/mol. The van der Waals surface area contributed by atoms with Gasteiger partial charge in [-0.2, -0.15) is 12.6 Å². The van der Waals surface area contributed by atoms with Crippen molar-refractivity contribution >= 4 is 12.6 Å². The molecule has 1 aliphatic carbocycles. The summed E-state index contributed by atoms with van der Waals surface area (Å²) in [7, 11) is 2.21. The molecule has 2 unspecified atom stereocenters. The van der Waals surface area contributed by atoms with Gasteiger partial charge in [0.15, 0.2) is 0 Å². The summed E-state index contributed by atoms with van der Waals surface area (Å²) in [5.74, 6) is 6.43. The van der Waals surface area contributed by atoms with E-state index in [4.69, 9.17) is 12.6 Å². The molecule has 102 valence electrons. The van der Waals surface area contributed by atoms with Crippen molar-refractivity contribution in [3.8, 4) is 11.8 Å². The first-order chi connectivity index (χ1) is 8.32. The van der Waals surface area contributed by atoms with E-state index in [0.29, 0.717) is 11.3 Å². The van der Waals surface area contributed by atoms with Gasteiger partial charge in [-0.05, 0) is 59.1 Å². The van der Waals surface area contributed by atoms with Crippen LogP contribution in [0.1, 0.15) is 52.9 Å². The molecule has 0 fully saturated rings. The fourth-order valence-electron chi connectivity index (χ4n) is 2.33. The van der Waals surface area contributed by atoms with Crippen molar-refractivity contribution in [1.82, 2.24) is 4.90 Å². The Labute approximate surface area is 118 Å². The molecule has 0 N–H and O–H groups in total. The van der Waals surface area contributed by atoms with Crippen molar-refractivity contribution < 1.29 is 0 Å². The highest BCUT2D eigenvalue weighted by molar-refractivity contribution is 7.81. The van der Waals surface area contributed by atoms with Gasteiger partial charge in [0.2, 0.25) is 0 Å². The molecule has 1 aliphatic rings. The van der Waals surface area contributed by atoms with Crippen LogP contribution in [0, 0.1) is 11.8 Å². The molecule has 18 heavy (non-hydrogen) atoms. The zero-order valence-corrected chi connectivity index (χ0v) is 13.2. The number of thiol groups is 1. The standard InChI is InChI=1S/C16H27NS/c1-13-9-6-7-11-14(15(18)12-8-10-13)17(5)16(2,3)4/h14-15,18H,1,7-8,10-12H2,2-5H3. The third-order valence-electron chi connectivity index (χ3n) is 3.81. The maximum atomic E-state index is 4.84. The monoisotopic (exact) mass is 265 g/mol. The van der Waals surface area contributed by atoms with Gasteiger partial charge < -0.3 is 0 Å². The molecule has 0 saturated heterocycles. The van der Waals surface area contributed by atoms with E-state index in [1.165, 1.54) is 0 Å². The van der Waals surface area contributed by atoms with Crippen LogP contribution in [-0.4, -0.2) is 28.8 Å². The number of hydrogen-bond donors (Lipinski definition) is 1. The van der Waals surface area contributed by atoms with Crippen LogP contribution in [0.15, 0.2) is 12.2 Å². The Morgan fingerprint density at radius 3 is 2.61 bits per heavy atom. The summed E-state index contributed by atoms with van der Waals surface area (Å²) >= 11 is 4.84. The minimum Gasteiger partial charge on any atom is -0.297 e. The van der Waals surface area contributed by atoms with Crippen LogP contribution >= 0.6 is 12.6 Å². The largest absolute Gasteiger partial charge is 0.297 e. The zero-order valence-electron chi connectivity index (χ0n) is 12.3. The van der Waals surface area contributed by atoms with Gasteiger partial charge in [-0.1, -0.05) is 18.4 Å². The van der Waals surface area contributed by atoms with Crippen molar-refractivity contribution in [2.24, 2.45) is 0 Å². The second-order valence-corrected chi connectivity index (χ2v) is 6.92. The normalized spacial score (nSPS) is 26.7. The van der Waals surface area contributed by atoms with Crippen molar-refractivity contribution in [2.45, 2.75) is 69.7 Å². The highest BCUT2D eigenvalue weighted by Gasteiger charge is 2.29. The maximum absolute atomic E-state index is 4.84. The molecular formula is C16H27NS. The lowest BCUT2D eigenvalue weighted by Crippen LogP contribution is -2.49. The second-order valence-electron chi connectivity index (χ2n) is 6.25. The summed E-state index contributed by atoms with van der Waals surface area (Å²) in [4.78, 5) is 2.46. The molecule has 0 amide bonds. The first kappa shape index (κ1) is 15.7. The SMILES string of the molecule is C=C1C#CCCC(N(C)C(C)(C)C)C(S)CCC1. The van der Waals surface area contributed by atoms with E-state index in [2.05, 4.69) is 51.1 Å². The van der Waals surface area contributed by atoms with Gasteiger partial charge >= 0.3 is 0 Å². The molecule has 0 radical (unpaired) electrons. The average molecular weight is 265 g/mol. The van der Waals surface area contributed by atoms with E-state index in [-0.39, 0.29) is 5.54 Å². The third kappa shape index (κ3) is 4.71. The average Bonchev–Trinajstić information content (AvgIpc) is 2.26. The molecular weight excluding hydrogens is 238 g/mol. The van der Waals surface area contributed by atoms with Crippen LogP contribution in [0.25, 0.3) is 0 Å². The van der Waals surface area contributed by atoms with Gasteiger partial charge in [0.25, 0.3) is 0 Å². The van der Waals surface area contributed by atoms with Gasteiger partial charge in [0.1, 0.15) is 0 Å². The predicted octanol–water partition coefficient (Wildman–Crippen LogP) is 3.91. The third-order valence-corrected chi connectivity index (χ3v) is 4.41. The fourth-order valence-corrected chi connectivity index (χ4v) is 2.86. The number of hydrogen-bond acceptors (Lipinski definition) is 2. The molecule has 0 aliphatic heterocycles. The molecule has 2 atom stereocenters. The highest BCUT2D eigenvalue weighted by atomic mass is 32.1. The van der Waals surface area contributed by atoms with Gasteiger partial charge in [-0.15, -0.1) is 0 Å². The van der Waals surface area contributed by atoms with E-state index in [9.17, 15) is 0 Å². The summed E-state index contributed by atoms with van der Waals surface area (Å²) in [6.07, 6.45) is 5.37. The van der Waals surface area contributed by atoms with Gasteiger partial charge in [0.05, 0.1) is 0 Å². The molecule has 0 aromatic heterocycles. The summed E-state index contributed by atoms with van der Waals surface area (Å²) < 4.78 is 0. The fraction of sp³-hybridized carbons (Fsp3) is 0.750. The van der Waals surface area contributed by atoms with E-state index < -0.39 is 0 Å². The Morgan fingerprint density at radius 1 is 1.33 bits per heavy atom. The van der Waals surface area contributed by atoms with E-state index in [1.54, 1.807) is 0 Å². The molecule has 1 nitrogen and oxygen atoms in total. The lowest BCUT2D eigenvalue weighted by molar-refractivity contribution is 0.107. The van der Waals surface area contributed by atoms with Gasteiger partial charge in [-0.3, -0.25) is 4.90 Å². The van der Waals surface area contributed by atoms with Crippen molar-refractivity contribution in [3.05, 3.63) is 12.2 Å². The minimum atomic E-state index is 0.187. The summed E-state index contributed by atoms with van der Waals surface area (Å²) in [6, 6.07) is 0.508. The molecule has 0 saturated carbocycles. The first-order valence-corrected chi connectivity index (χ1v) is 7.41. The molecule has 2 heteroatoms. The molecule has 0 aromatic carbocycles. The molecule has 0 bridgehead atoms. The van der Waals surface area contributed by atoms with E-state index in [0.717, 1.165) is 37.7 Å². The number of allylic oxidation sites excluding steroid dienone is 1. The van der Waals surface area contributed by atoms with Gasteiger partial charge in [0, 0.05) is 23.3 Å². The van der Waals surface area contributed by atoms with Crippen LogP contribution in [0.3, 0.4) is 0 Å². The summed E-state index contributed by atoms with van der Waals surface area (Å²) in [5.41, 5.74) is 1.27.